The Kier molecular flexibility index (Phi) is 21.1. The lowest BCUT2D eigenvalue weighted by Crippen LogP contribution is -2.37. The van der Waals surface area contributed by atoms with Gasteiger partial charge in [0.15, 0.2) is 0 Å². The Morgan fingerprint density at radius 1 is 0.581 bits per heavy atom. The van der Waals surface area contributed by atoms with E-state index in [1.165, 1.54) is 51.4 Å². The van der Waals surface area contributed by atoms with Gasteiger partial charge in [0.1, 0.15) is 6.10 Å². The highest BCUT2D eigenvalue weighted by molar-refractivity contribution is 7.60. The molecule has 2 atom stereocenters. The van der Waals surface area contributed by atoms with Crippen molar-refractivity contribution in [2.45, 2.75) is 122 Å². The van der Waals surface area contributed by atoms with Crippen molar-refractivity contribution >= 4 is 15.6 Å². The van der Waals surface area contributed by atoms with Gasteiger partial charge in [0, 0.05) is 0 Å². The zero-order chi connectivity index (χ0) is 24.3. The Bertz CT molecular complexity index is 452. The largest absolute Gasteiger partial charge is 0.478 e. The van der Waals surface area contributed by atoms with E-state index in [2.05, 4.69) is 18.2 Å². The van der Waals surface area contributed by atoms with E-state index in [-0.39, 0.29) is 0 Å². The van der Waals surface area contributed by atoms with Crippen molar-refractivity contribution in [1.82, 2.24) is 0 Å². The smallest absolute Gasteiger partial charge is 0.390 e. The van der Waals surface area contributed by atoms with Crippen LogP contribution in [0.3, 0.4) is 0 Å². The zero-order valence-corrected chi connectivity index (χ0v) is 20.7. The lowest BCUT2D eigenvalue weighted by Gasteiger charge is -2.23. The molecule has 0 aromatic rings. The minimum absolute atomic E-state index is 0.598. The highest BCUT2D eigenvalue weighted by Crippen LogP contribution is 2.53. The van der Waals surface area contributed by atoms with E-state index in [0.717, 1.165) is 25.7 Å². The summed E-state index contributed by atoms with van der Waals surface area (Å²) in [4.78, 5) is 31.0. The van der Waals surface area contributed by atoms with Crippen LogP contribution in [-0.2, 0) is 13.4 Å². The molecule has 0 aliphatic carbocycles. The average molecular weight is 494 g/mol. The number of phosphoric acid groups is 2. The maximum atomic E-state index is 9.97. The number of unbranched alkanes of at least 4 members (excludes halogenated alkanes) is 10. The zero-order valence-electron chi connectivity index (χ0n) is 18.9. The quantitative estimate of drug-likeness (QED) is 0.109. The highest BCUT2D eigenvalue weighted by Gasteiger charge is 2.28. The summed E-state index contributed by atoms with van der Waals surface area (Å²) in [6.45, 7) is 4.40. The molecule has 0 bridgehead atoms. The summed E-state index contributed by atoms with van der Waals surface area (Å²) >= 11 is 0. The summed E-state index contributed by atoms with van der Waals surface area (Å²) in [6.07, 6.45) is 12.7. The second kappa shape index (κ2) is 19.6. The number of aliphatic hydroxyl groups excluding tert-OH is 3. The molecule has 0 amide bonds. The van der Waals surface area contributed by atoms with Gasteiger partial charge in [-0.2, -0.15) is 4.31 Å². The third kappa shape index (κ3) is 26.3. The van der Waals surface area contributed by atoms with Crippen LogP contribution in [0.15, 0.2) is 0 Å². The molecule has 2 unspecified atom stereocenters. The minimum Gasteiger partial charge on any atom is -0.390 e. The van der Waals surface area contributed by atoms with Crippen molar-refractivity contribution in [1.29, 1.82) is 0 Å². The number of hydrogen-bond donors (Lipinski definition) is 7. The van der Waals surface area contributed by atoms with Gasteiger partial charge in [-0.25, -0.2) is 9.13 Å². The number of rotatable bonds is 18. The van der Waals surface area contributed by atoms with Crippen LogP contribution >= 0.6 is 15.6 Å². The van der Waals surface area contributed by atoms with E-state index in [0.29, 0.717) is 12.8 Å². The first kappa shape index (κ1) is 33.3. The van der Waals surface area contributed by atoms with Gasteiger partial charge in [-0.15, -0.1) is 0 Å². The number of hydrogen-bond acceptors (Lipinski definition) is 6. The average Bonchev–Trinajstić information content (AvgIpc) is 2.64. The summed E-state index contributed by atoms with van der Waals surface area (Å²) < 4.78 is 22.2. The first-order chi connectivity index (χ1) is 14.3. The summed E-state index contributed by atoms with van der Waals surface area (Å²) in [5.74, 6) is 0. The van der Waals surface area contributed by atoms with E-state index in [9.17, 15) is 24.4 Å². The molecule has 0 aromatic carbocycles. The predicted molar refractivity (Wildman–Crippen MR) is 119 cm³/mol. The molecular formula is C19H44O10P2. The van der Waals surface area contributed by atoms with Gasteiger partial charge in [-0.1, -0.05) is 90.9 Å². The maximum absolute atomic E-state index is 9.97. The fourth-order valence-electron chi connectivity index (χ4n) is 3.00. The van der Waals surface area contributed by atoms with Crippen molar-refractivity contribution < 1.29 is 48.3 Å². The fourth-order valence-corrected chi connectivity index (χ4v) is 4.11. The Morgan fingerprint density at radius 3 is 1.13 bits per heavy atom. The normalized spacial score (nSPS) is 15.1. The van der Waals surface area contributed by atoms with E-state index in [1.807, 2.05) is 0 Å². The van der Waals surface area contributed by atoms with Crippen molar-refractivity contribution in [2.24, 2.45) is 0 Å². The molecule has 0 aromatic heterocycles. The van der Waals surface area contributed by atoms with Gasteiger partial charge in [-0.05, 0) is 12.8 Å². The topological polar surface area (TPSA) is 185 Å². The van der Waals surface area contributed by atoms with Crippen LogP contribution in [0.2, 0.25) is 0 Å². The van der Waals surface area contributed by atoms with Crippen LogP contribution in [0.4, 0.5) is 0 Å². The van der Waals surface area contributed by atoms with E-state index in [4.69, 9.17) is 19.6 Å². The van der Waals surface area contributed by atoms with Crippen molar-refractivity contribution in [3.8, 4) is 0 Å². The molecule has 0 saturated heterocycles. The Labute approximate surface area is 186 Å². The molecule has 7 N–H and O–H groups in total. The Hall–Kier alpha value is 0.140. The molecular weight excluding hydrogens is 450 g/mol. The van der Waals surface area contributed by atoms with Gasteiger partial charge >= 0.3 is 15.6 Å². The summed E-state index contributed by atoms with van der Waals surface area (Å²) in [6, 6.07) is 0. The first-order valence-electron chi connectivity index (χ1n) is 11.2. The van der Waals surface area contributed by atoms with Crippen LogP contribution in [0.1, 0.15) is 104 Å². The van der Waals surface area contributed by atoms with Crippen molar-refractivity contribution in [3.05, 3.63) is 0 Å². The molecule has 0 rings (SSSR count). The molecule has 10 nitrogen and oxygen atoms in total. The monoisotopic (exact) mass is 494 g/mol. The third-order valence-corrected chi connectivity index (χ3v) is 6.41. The molecule has 31 heavy (non-hydrogen) atoms. The van der Waals surface area contributed by atoms with E-state index in [1.54, 1.807) is 0 Å². The minimum atomic E-state index is -5.05. The van der Waals surface area contributed by atoms with Gasteiger partial charge in [0.25, 0.3) is 0 Å². The SMILES string of the molecule is CCCCCCCCC(O)C(O)C(O)CCCCCCCC.O=P(O)(O)OP(=O)(O)O. The van der Waals surface area contributed by atoms with Crippen LogP contribution in [0.25, 0.3) is 0 Å². The second-order valence-corrected chi connectivity index (χ2v) is 10.4. The van der Waals surface area contributed by atoms with Crippen molar-refractivity contribution in [3.63, 3.8) is 0 Å². The molecule has 0 fully saturated rings. The molecule has 190 valence electrons. The molecule has 0 spiro atoms. The summed E-state index contributed by atoms with van der Waals surface area (Å²) in [7, 11) is -10.1. The van der Waals surface area contributed by atoms with Crippen LogP contribution < -0.4 is 0 Å². The molecule has 12 heteroatoms. The van der Waals surface area contributed by atoms with Gasteiger partial charge in [0.05, 0.1) is 12.2 Å². The van der Waals surface area contributed by atoms with Crippen LogP contribution in [0.5, 0.6) is 0 Å². The molecule has 0 radical (unpaired) electrons. The Balaban J connectivity index is 0. The van der Waals surface area contributed by atoms with E-state index >= 15 is 0 Å². The van der Waals surface area contributed by atoms with Crippen molar-refractivity contribution in [2.75, 3.05) is 0 Å². The van der Waals surface area contributed by atoms with Crippen LogP contribution in [0, 0.1) is 0 Å². The fraction of sp³-hybridized carbons (Fsp3) is 1.00. The maximum Gasteiger partial charge on any atom is 0.478 e. The number of aliphatic hydroxyl groups is 3. The summed E-state index contributed by atoms with van der Waals surface area (Å²) in [5.41, 5.74) is 0. The molecule has 0 aliphatic heterocycles. The molecule has 0 heterocycles. The summed E-state index contributed by atoms with van der Waals surface area (Å²) in [5, 5.41) is 29.9. The molecule has 0 aliphatic rings. The van der Waals surface area contributed by atoms with Gasteiger partial charge < -0.3 is 34.9 Å². The highest BCUT2D eigenvalue weighted by atomic mass is 31.3. The first-order valence-corrected chi connectivity index (χ1v) is 14.3. The molecule has 0 saturated carbocycles. The van der Waals surface area contributed by atoms with Gasteiger partial charge in [0.2, 0.25) is 0 Å². The lowest BCUT2D eigenvalue weighted by molar-refractivity contribution is -0.0653. The standard InChI is InChI=1S/C19H40O3.H4O7P2/c1-3-5-7-9-11-13-15-17(20)19(22)18(21)16-14-12-10-8-6-4-2;1-8(2,3)7-9(4,5)6/h17-22H,3-16H2,1-2H3;(H2,1,2,3)(H2,4,5,6). The third-order valence-electron chi connectivity index (χ3n) is 4.71. The van der Waals surface area contributed by atoms with E-state index < -0.39 is 34.0 Å². The van der Waals surface area contributed by atoms with Gasteiger partial charge in [-0.3, -0.25) is 0 Å². The Morgan fingerprint density at radius 2 is 0.871 bits per heavy atom. The lowest BCUT2D eigenvalue weighted by atomic mass is 9.97. The van der Waals surface area contributed by atoms with Crippen LogP contribution in [-0.4, -0.2) is 53.2 Å². The predicted octanol–water partition coefficient (Wildman–Crippen LogP) is 3.76. The second-order valence-electron chi connectivity index (χ2n) is 7.80.